The van der Waals surface area contributed by atoms with E-state index in [0.717, 1.165) is 0 Å². The Labute approximate surface area is 131 Å². The lowest BCUT2D eigenvalue weighted by molar-refractivity contribution is -0.151. The van der Waals surface area contributed by atoms with Crippen molar-refractivity contribution in [3.8, 4) is 0 Å². The third-order valence-electron chi connectivity index (χ3n) is 3.61. The van der Waals surface area contributed by atoms with Gasteiger partial charge in [-0.25, -0.2) is 4.79 Å². The summed E-state index contributed by atoms with van der Waals surface area (Å²) >= 11 is 0. The van der Waals surface area contributed by atoms with E-state index in [9.17, 15) is 14.4 Å². The van der Waals surface area contributed by atoms with Crippen LogP contribution in [-0.2, 0) is 14.3 Å². The molecule has 0 saturated carbocycles. The highest BCUT2D eigenvalue weighted by atomic mass is 16.5. The molecule has 1 aliphatic heterocycles. The largest absolute Gasteiger partial charge is 0.481 e. The zero-order chi connectivity index (χ0) is 16.9. The van der Waals surface area contributed by atoms with Crippen molar-refractivity contribution < 1.29 is 24.2 Å². The second-order valence-electron chi connectivity index (χ2n) is 6.35. The molecule has 1 saturated heterocycles. The van der Waals surface area contributed by atoms with Gasteiger partial charge in [0.05, 0.1) is 17.9 Å². The molecule has 7 nitrogen and oxygen atoms in total. The molecule has 0 spiro atoms. The Kier molecular flexibility index (Phi) is 6.64. The molecule has 1 rings (SSSR count). The number of nitrogens with one attached hydrogen (secondary N) is 1. The van der Waals surface area contributed by atoms with Gasteiger partial charge >= 0.3 is 18.0 Å². The maximum absolute atomic E-state index is 12.1. The molecule has 22 heavy (non-hydrogen) atoms. The zero-order valence-electron chi connectivity index (χ0n) is 13.7. The summed E-state index contributed by atoms with van der Waals surface area (Å²) in [5.74, 6) is -2.06. The van der Waals surface area contributed by atoms with Crippen LogP contribution in [-0.4, -0.2) is 53.7 Å². The molecule has 3 unspecified atom stereocenters. The molecule has 0 aromatic rings. The summed E-state index contributed by atoms with van der Waals surface area (Å²) in [4.78, 5) is 36.4. The van der Waals surface area contributed by atoms with Crippen molar-refractivity contribution in [2.45, 2.75) is 40.2 Å². The fraction of sp³-hybridized carbons (Fsp3) is 0.800. The molecule has 2 amide bonds. The molecule has 0 aromatic heterocycles. The first-order valence-electron chi connectivity index (χ1n) is 7.66. The first kappa shape index (κ1) is 18.3. The summed E-state index contributed by atoms with van der Waals surface area (Å²) in [6.45, 7) is 8.06. The number of carboxylic acid groups (broad SMARTS) is 1. The van der Waals surface area contributed by atoms with E-state index in [0.29, 0.717) is 13.0 Å². The molecule has 0 radical (unpaired) electrons. The predicted molar refractivity (Wildman–Crippen MR) is 80.3 cm³/mol. The van der Waals surface area contributed by atoms with Gasteiger partial charge in [-0.15, -0.1) is 0 Å². The lowest BCUT2D eigenvalue weighted by Crippen LogP contribution is -2.50. The molecule has 1 fully saturated rings. The number of rotatable bonds is 5. The fourth-order valence-electron chi connectivity index (χ4n) is 2.48. The van der Waals surface area contributed by atoms with Crippen molar-refractivity contribution in [2.24, 2.45) is 17.8 Å². The second-order valence-corrected chi connectivity index (χ2v) is 6.35. The molecule has 1 aliphatic rings. The van der Waals surface area contributed by atoms with E-state index >= 15 is 0 Å². The Morgan fingerprint density at radius 2 is 1.91 bits per heavy atom. The maximum Gasteiger partial charge on any atom is 0.317 e. The summed E-state index contributed by atoms with van der Waals surface area (Å²) < 4.78 is 5.07. The number of nitrogens with zero attached hydrogens (tertiary/aromatic N) is 1. The minimum Gasteiger partial charge on any atom is -0.481 e. The highest BCUT2D eigenvalue weighted by Gasteiger charge is 2.32. The number of carboxylic acids is 1. The average molecular weight is 314 g/mol. The van der Waals surface area contributed by atoms with Crippen LogP contribution in [0.25, 0.3) is 0 Å². The highest BCUT2D eigenvalue weighted by Crippen LogP contribution is 2.21. The van der Waals surface area contributed by atoms with Gasteiger partial charge in [0.15, 0.2) is 0 Å². The van der Waals surface area contributed by atoms with Crippen LogP contribution in [0.1, 0.15) is 34.1 Å². The van der Waals surface area contributed by atoms with E-state index in [2.05, 4.69) is 5.32 Å². The first-order chi connectivity index (χ1) is 10.2. The van der Waals surface area contributed by atoms with E-state index < -0.39 is 17.8 Å². The molecule has 126 valence electrons. The lowest BCUT2D eigenvalue weighted by atomic mass is 9.91. The Balaban J connectivity index is 2.47. The van der Waals surface area contributed by atoms with Gasteiger partial charge in [0.1, 0.15) is 0 Å². The number of likely N-dealkylation sites (tertiary alicyclic amines) is 1. The summed E-state index contributed by atoms with van der Waals surface area (Å²) in [7, 11) is 0. The number of piperidine rings is 1. The van der Waals surface area contributed by atoms with Gasteiger partial charge in [-0.1, -0.05) is 13.8 Å². The van der Waals surface area contributed by atoms with E-state index in [4.69, 9.17) is 9.84 Å². The van der Waals surface area contributed by atoms with Crippen molar-refractivity contribution in [1.29, 1.82) is 0 Å². The molecule has 1 heterocycles. The summed E-state index contributed by atoms with van der Waals surface area (Å²) in [6.07, 6.45) is 0.390. The smallest absolute Gasteiger partial charge is 0.317 e. The monoisotopic (exact) mass is 314 g/mol. The number of amides is 2. The van der Waals surface area contributed by atoms with Gasteiger partial charge < -0.3 is 20.1 Å². The topological polar surface area (TPSA) is 95.9 Å². The molecule has 0 aromatic carbocycles. The van der Waals surface area contributed by atoms with Crippen LogP contribution >= 0.6 is 0 Å². The molecule has 2 N–H and O–H groups in total. The quantitative estimate of drug-likeness (QED) is 0.746. The number of hydrogen-bond donors (Lipinski definition) is 2. The van der Waals surface area contributed by atoms with E-state index in [-0.39, 0.29) is 37.1 Å². The SMILES string of the molecule is CC1CC(C(=O)O)CN(C(=O)NCC(C)C(=O)OC(C)C)C1. The number of esters is 1. The summed E-state index contributed by atoms with van der Waals surface area (Å²) in [5.41, 5.74) is 0. The highest BCUT2D eigenvalue weighted by molar-refractivity contribution is 5.78. The minimum absolute atomic E-state index is 0.143. The van der Waals surface area contributed by atoms with Crippen LogP contribution in [0.2, 0.25) is 0 Å². The molecular weight excluding hydrogens is 288 g/mol. The molecule has 0 aliphatic carbocycles. The molecule has 3 atom stereocenters. The van der Waals surface area contributed by atoms with E-state index in [1.54, 1.807) is 20.8 Å². The van der Waals surface area contributed by atoms with Crippen LogP contribution in [0.15, 0.2) is 0 Å². The van der Waals surface area contributed by atoms with Crippen molar-refractivity contribution in [3.63, 3.8) is 0 Å². The number of urea groups is 1. The van der Waals surface area contributed by atoms with Crippen LogP contribution in [0.3, 0.4) is 0 Å². The number of aliphatic carboxylic acids is 1. The van der Waals surface area contributed by atoms with Gasteiger partial charge in [0.2, 0.25) is 0 Å². The zero-order valence-corrected chi connectivity index (χ0v) is 13.7. The molecule has 7 heteroatoms. The van der Waals surface area contributed by atoms with Crippen molar-refractivity contribution in [1.82, 2.24) is 10.2 Å². The van der Waals surface area contributed by atoms with Gasteiger partial charge in [-0.3, -0.25) is 9.59 Å². The van der Waals surface area contributed by atoms with Crippen LogP contribution < -0.4 is 5.32 Å². The van der Waals surface area contributed by atoms with Crippen molar-refractivity contribution in [3.05, 3.63) is 0 Å². The Morgan fingerprint density at radius 3 is 2.45 bits per heavy atom. The van der Waals surface area contributed by atoms with Crippen molar-refractivity contribution >= 4 is 18.0 Å². The summed E-state index contributed by atoms with van der Waals surface area (Å²) in [5, 5.41) is 11.8. The average Bonchev–Trinajstić information content (AvgIpc) is 2.42. The Hall–Kier alpha value is -1.79. The second kappa shape index (κ2) is 8.00. The number of hydrogen-bond acceptors (Lipinski definition) is 4. The molecular formula is C15H26N2O5. The third kappa shape index (κ3) is 5.54. The number of ether oxygens (including phenoxy) is 1. The predicted octanol–water partition coefficient (Wildman–Crippen LogP) is 1.33. The Morgan fingerprint density at radius 1 is 1.27 bits per heavy atom. The third-order valence-corrected chi connectivity index (χ3v) is 3.61. The summed E-state index contributed by atoms with van der Waals surface area (Å²) in [6, 6.07) is -0.331. The van der Waals surface area contributed by atoms with Gasteiger partial charge in [0, 0.05) is 19.6 Å². The van der Waals surface area contributed by atoms with Gasteiger partial charge in [-0.05, 0) is 26.2 Å². The van der Waals surface area contributed by atoms with Gasteiger partial charge in [0.25, 0.3) is 0 Å². The minimum atomic E-state index is -0.877. The lowest BCUT2D eigenvalue weighted by Gasteiger charge is -2.34. The molecule has 0 bridgehead atoms. The first-order valence-corrected chi connectivity index (χ1v) is 7.66. The van der Waals surface area contributed by atoms with Crippen LogP contribution in [0.4, 0.5) is 4.79 Å². The normalized spacial score (nSPS) is 23.0. The number of carbonyl (C=O) groups excluding carboxylic acids is 2. The van der Waals surface area contributed by atoms with Crippen LogP contribution in [0, 0.1) is 17.8 Å². The van der Waals surface area contributed by atoms with E-state index in [1.165, 1.54) is 4.90 Å². The maximum atomic E-state index is 12.1. The van der Waals surface area contributed by atoms with Crippen molar-refractivity contribution in [2.75, 3.05) is 19.6 Å². The number of carbonyl (C=O) groups is 3. The fourth-order valence-corrected chi connectivity index (χ4v) is 2.48. The standard InChI is InChI=1S/C15H26N2O5/c1-9(2)22-14(20)11(4)6-16-15(21)17-7-10(3)5-12(8-17)13(18)19/h9-12H,5-8H2,1-4H3,(H,16,21)(H,18,19). The van der Waals surface area contributed by atoms with E-state index in [1.807, 2.05) is 6.92 Å². The van der Waals surface area contributed by atoms with Gasteiger partial charge in [-0.2, -0.15) is 0 Å². The van der Waals surface area contributed by atoms with Crippen LogP contribution in [0.5, 0.6) is 0 Å². The Bertz CT molecular complexity index is 424.